The number of likely N-dealkylation sites (N-methyl/N-ethyl adjacent to an activating group) is 1. The predicted octanol–water partition coefficient (Wildman–Crippen LogP) is 0.713. The molecule has 0 aromatic heterocycles. The summed E-state index contributed by atoms with van der Waals surface area (Å²) in [5.74, 6) is 0. The lowest BCUT2D eigenvalue weighted by molar-refractivity contribution is -0.0105. The van der Waals surface area contributed by atoms with Gasteiger partial charge in [0.1, 0.15) is 6.04 Å². The third-order valence-electron chi connectivity index (χ3n) is 1.65. The number of hydrogen-bond acceptors (Lipinski definition) is 1. The molecule has 0 N–H and O–H groups in total. The van der Waals surface area contributed by atoms with Crippen LogP contribution in [0.3, 0.4) is 0 Å². The standard InChI is InChI=1S/C8H11N3/c1-11(2)8-6-4-3-5-7(8)10-9/h3-6,8H,1-2H3. The summed E-state index contributed by atoms with van der Waals surface area (Å²) in [6.45, 7) is 0. The average Bonchev–Trinajstić information content (AvgIpc) is 2.04. The van der Waals surface area contributed by atoms with Crippen LogP contribution in [0.25, 0.3) is 5.53 Å². The fourth-order valence-electron chi connectivity index (χ4n) is 1.05. The molecule has 0 radical (unpaired) electrons. The van der Waals surface area contributed by atoms with Crippen molar-refractivity contribution >= 4 is 5.71 Å². The molecule has 11 heavy (non-hydrogen) atoms. The second-order valence-corrected chi connectivity index (χ2v) is 2.68. The van der Waals surface area contributed by atoms with Gasteiger partial charge in [0, 0.05) is 6.08 Å². The smallest absolute Gasteiger partial charge is 0.312 e. The molecule has 1 rings (SSSR count). The van der Waals surface area contributed by atoms with Gasteiger partial charge in [0.2, 0.25) is 0 Å². The molecule has 0 fully saturated rings. The maximum absolute atomic E-state index is 8.59. The van der Waals surface area contributed by atoms with E-state index in [0.29, 0.717) is 5.71 Å². The summed E-state index contributed by atoms with van der Waals surface area (Å²) in [4.78, 5) is 5.17. The number of rotatable bonds is 1. The fraction of sp³-hybridized carbons (Fsp3) is 0.375. The Morgan fingerprint density at radius 2 is 2.18 bits per heavy atom. The van der Waals surface area contributed by atoms with Gasteiger partial charge in [-0.1, -0.05) is 18.2 Å². The first-order valence-electron chi connectivity index (χ1n) is 3.49. The molecule has 0 heterocycles. The minimum atomic E-state index is 0.102. The SMILES string of the molecule is CN(C)C1C=CC=CC1=[N+]=[N-]. The van der Waals surface area contributed by atoms with Gasteiger partial charge < -0.3 is 5.53 Å². The monoisotopic (exact) mass is 149 g/mol. The summed E-state index contributed by atoms with van der Waals surface area (Å²) in [6, 6.07) is 0.102. The van der Waals surface area contributed by atoms with E-state index in [4.69, 9.17) is 5.53 Å². The summed E-state index contributed by atoms with van der Waals surface area (Å²) >= 11 is 0. The lowest BCUT2D eigenvalue weighted by Gasteiger charge is -2.16. The maximum Gasteiger partial charge on any atom is 0.312 e. The number of hydrogen-bond donors (Lipinski definition) is 0. The van der Waals surface area contributed by atoms with Crippen molar-refractivity contribution in [1.29, 1.82) is 0 Å². The molecule has 58 valence electrons. The minimum absolute atomic E-state index is 0.102. The molecule has 1 aliphatic carbocycles. The molecule has 0 bridgehead atoms. The molecule has 0 aromatic carbocycles. The van der Waals surface area contributed by atoms with Crippen LogP contribution in [0.1, 0.15) is 0 Å². The Bertz CT molecular complexity index is 244. The quantitative estimate of drug-likeness (QED) is 0.400. The molecule has 1 aliphatic rings. The van der Waals surface area contributed by atoms with E-state index >= 15 is 0 Å². The van der Waals surface area contributed by atoms with E-state index in [2.05, 4.69) is 4.79 Å². The van der Waals surface area contributed by atoms with Crippen molar-refractivity contribution in [3.05, 3.63) is 29.8 Å². The summed E-state index contributed by atoms with van der Waals surface area (Å²) in [6.07, 6.45) is 7.58. The third-order valence-corrected chi connectivity index (χ3v) is 1.65. The normalized spacial score (nSPS) is 22.5. The van der Waals surface area contributed by atoms with Crippen LogP contribution in [0, 0.1) is 0 Å². The maximum atomic E-state index is 8.59. The number of nitrogens with zero attached hydrogens (tertiary/aromatic N) is 3. The van der Waals surface area contributed by atoms with Gasteiger partial charge in [-0.25, -0.2) is 0 Å². The molecule has 0 amide bonds. The first-order chi connectivity index (χ1) is 5.25. The Morgan fingerprint density at radius 1 is 1.45 bits per heavy atom. The molecule has 1 atom stereocenters. The Kier molecular flexibility index (Phi) is 2.36. The molecule has 0 saturated carbocycles. The van der Waals surface area contributed by atoms with Crippen molar-refractivity contribution < 1.29 is 4.79 Å². The highest BCUT2D eigenvalue weighted by atomic mass is 15.1. The molecule has 3 nitrogen and oxygen atoms in total. The Balaban J connectivity index is 2.88. The first-order valence-corrected chi connectivity index (χ1v) is 3.49. The van der Waals surface area contributed by atoms with Crippen molar-refractivity contribution in [3.8, 4) is 0 Å². The van der Waals surface area contributed by atoms with Crippen LogP contribution in [0.2, 0.25) is 0 Å². The highest BCUT2D eigenvalue weighted by molar-refractivity contribution is 5.97. The lowest BCUT2D eigenvalue weighted by Crippen LogP contribution is -2.34. The molecule has 0 saturated heterocycles. The van der Waals surface area contributed by atoms with E-state index < -0.39 is 0 Å². The van der Waals surface area contributed by atoms with Gasteiger partial charge in [-0.2, -0.15) is 4.79 Å². The molecule has 0 spiro atoms. The zero-order valence-corrected chi connectivity index (χ0v) is 6.73. The van der Waals surface area contributed by atoms with Crippen LogP contribution in [-0.4, -0.2) is 35.5 Å². The van der Waals surface area contributed by atoms with Gasteiger partial charge in [-0.05, 0) is 14.1 Å². The first kappa shape index (κ1) is 7.92. The highest BCUT2D eigenvalue weighted by Gasteiger charge is 2.21. The molecular weight excluding hydrogens is 138 g/mol. The zero-order chi connectivity index (χ0) is 8.27. The van der Waals surface area contributed by atoms with E-state index in [1.807, 2.05) is 37.2 Å². The van der Waals surface area contributed by atoms with Crippen LogP contribution < -0.4 is 0 Å². The predicted molar refractivity (Wildman–Crippen MR) is 44.4 cm³/mol. The van der Waals surface area contributed by atoms with Crippen molar-refractivity contribution in [2.45, 2.75) is 6.04 Å². The largest absolute Gasteiger partial charge is 0.361 e. The highest BCUT2D eigenvalue weighted by Crippen LogP contribution is 2.03. The molecule has 1 unspecified atom stereocenters. The van der Waals surface area contributed by atoms with E-state index in [1.165, 1.54) is 0 Å². The Hall–Kier alpha value is -1.18. The molecule has 3 heteroatoms. The van der Waals surface area contributed by atoms with Crippen LogP contribution in [0.15, 0.2) is 24.3 Å². The van der Waals surface area contributed by atoms with E-state index in [9.17, 15) is 0 Å². The lowest BCUT2D eigenvalue weighted by atomic mass is 10.1. The second kappa shape index (κ2) is 3.28. The Morgan fingerprint density at radius 3 is 2.64 bits per heavy atom. The van der Waals surface area contributed by atoms with Crippen molar-refractivity contribution in [2.24, 2.45) is 0 Å². The van der Waals surface area contributed by atoms with Crippen molar-refractivity contribution in [2.75, 3.05) is 14.1 Å². The summed E-state index contributed by atoms with van der Waals surface area (Å²) in [5, 5.41) is 0. The van der Waals surface area contributed by atoms with Crippen LogP contribution in [-0.2, 0) is 0 Å². The van der Waals surface area contributed by atoms with Gasteiger partial charge in [0.15, 0.2) is 0 Å². The second-order valence-electron chi connectivity index (χ2n) is 2.68. The summed E-state index contributed by atoms with van der Waals surface area (Å²) in [5.41, 5.74) is 9.26. The molecule has 0 aromatic rings. The van der Waals surface area contributed by atoms with Crippen LogP contribution >= 0.6 is 0 Å². The van der Waals surface area contributed by atoms with Gasteiger partial charge in [0.25, 0.3) is 0 Å². The van der Waals surface area contributed by atoms with Crippen LogP contribution in [0.4, 0.5) is 0 Å². The van der Waals surface area contributed by atoms with E-state index in [1.54, 1.807) is 6.08 Å². The molecular formula is C8H11N3. The Labute approximate surface area is 66.3 Å². The summed E-state index contributed by atoms with van der Waals surface area (Å²) in [7, 11) is 3.89. The fourth-order valence-corrected chi connectivity index (χ4v) is 1.05. The molecule has 0 aliphatic heterocycles. The van der Waals surface area contributed by atoms with E-state index in [-0.39, 0.29) is 6.04 Å². The zero-order valence-electron chi connectivity index (χ0n) is 6.73. The topological polar surface area (TPSA) is 39.6 Å². The number of allylic oxidation sites excluding steroid dienone is 2. The summed E-state index contributed by atoms with van der Waals surface area (Å²) < 4.78 is 0. The average molecular weight is 149 g/mol. The van der Waals surface area contributed by atoms with Gasteiger partial charge >= 0.3 is 5.71 Å². The van der Waals surface area contributed by atoms with Crippen LogP contribution in [0.5, 0.6) is 0 Å². The van der Waals surface area contributed by atoms with Gasteiger partial charge in [-0.15, -0.1) is 0 Å². The van der Waals surface area contributed by atoms with Gasteiger partial charge in [0.05, 0.1) is 0 Å². The van der Waals surface area contributed by atoms with Crippen molar-refractivity contribution in [1.82, 2.24) is 4.90 Å². The van der Waals surface area contributed by atoms with Crippen molar-refractivity contribution in [3.63, 3.8) is 0 Å². The van der Waals surface area contributed by atoms with E-state index in [0.717, 1.165) is 0 Å². The van der Waals surface area contributed by atoms with Gasteiger partial charge in [-0.3, -0.25) is 4.90 Å². The third kappa shape index (κ3) is 1.64. The minimum Gasteiger partial charge on any atom is -0.361 e.